The molecular weight excluding hydrogens is 278 g/mol. The van der Waals surface area contributed by atoms with E-state index in [4.69, 9.17) is 0 Å². The van der Waals surface area contributed by atoms with Gasteiger partial charge in [0.05, 0.1) is 17.9 Å². The summed E-state index contributed by atoms with van der Waals surface area (Å²) >= 11 is 0. The van der Waals surface area contributed by atoms with E-state index in [9.17, 15) is 9.59 Å². The molecule has 0 spiro atoms. The Bertz CT molecular complexity index is 710. The minimum atomic E-state index is -0.218. The monoisotopic (exact) mass is 295 g/mol. The molecule has 2 aromatic carbocycles. The molecule has 0 atom stereocenters. The lowest BCUT2D eigenvalue weighted by Crippen LogP contribution is -2.40. The maximum Gasteiger partial charge on any atom is 0.246 e. The Morgan fingerprint density at radius 1 is 0.955 bits per heavy atom. The number of carbonyl (C=O) groups excluding carboxylic acids is 2. The van der Waals surface area contributed by atoms with Crippen molar-refractivity contribution in [2.75, 3.05) is 28.6 Å². The molecule has 0 bridgehead atoms. The zero-order valence-corrected chi connectivity index (χ0v) is 12.3. The van der Waals surface area contributed by atoms with Gasteiger partial charge in [0.1, 0.15) is 6.54 Å². The Hall–Kier alpha value is -2.82. The van der Waals surface area contributed by atoms with Gasteiger partial charge in [-0.15, -0.1) is 0 Å². The molecule has 2 aromatic rings. The topological polar surface area (TPSA) is 61.4 Å². The maximum atomic E-state index is 12.4. The minimum absolute atomic E-state index is 0.00207. The fourth-order valence-electron chi connectivity index (χ4n) is 2.39. The average molecular weight is 295 g/mol. The van der Waals surface area contributed by atoms with Crippen molar-refractivity contribution in [1.29, 1.82) is 0 Å². The molecule has 0 saturated carbocycles. The molecule has 1 heterocycles. The predicted octanol–water partition coefficient (Wildman–Crippen LogP) is 2.39. The second-order valence-corrected chi connectivity index (χ2v) is 5.26. The van der Waals surface area contributed by atoms with Crippen LogP contribution in [-0.2, 0) is 9.59 Å². The van der Waals surface area contributed by atoms with Crippen LogP contribution in [0.25, 0.3) is 0 Å². The molecule has 0 aromatic heterocycles. The number of nitrogens with one attached hydrogen (secondary N) is 2. The number of carbonyl (C=O) groups is 2. The molecule has 0 unspecified atom stereocenters. The summed E-state index contributed by atoms with van der Waals surface area (Å²) in [6.45, 7) is 2.12. The van der Waals surface area contributed by atoms with Gasteiger partial charge < -0.3 is 15.5 Å². The third-order valence-electron chi connectivity index (χ3n) is 3.58. The van der Waals surface area contributed by atoms with Crippen molar-refractivity contribution in [3.05, 3.63) is 54.1 Å². The van der Waals surface area contributed by atoms with Gasteiger partial charge in [0.2, 0.25) is 11.8 Å². The Balaban J connectivity index is 1.90. The van der Waals surface area contributed by atoms with Crippen LogP contribution in [0, 0.1) is 6.92 Å². The number of anilines is 3. The van der Waals surface area contributed by atoms with Crippen LogP contribution in [0.5, 0.6) is 0 Å². The summed E-state index contributed by atoms with van der Waals surface area (Å²) in [5.41, 5.74) is 3.26. The number of amides is 2. The van der Waals surface area contributed by atoms with Gasteiger partial charge in [0, 0.05) is 5.69 Å². The van der Waals surface area contributed by atoms with E-state index in [0.717, 1.165) is 16.9 Å². The normalized spacial score (nSPS) is 15.0. The summed E-state index contributed by atoms with van der Waals surface area (Å²) in [6, 6.07) is 14.9. The Labute approximate surface area is 128 Å². The first-order valence-corrected chi connectivity index (χ1v) is 7.13. The van der Waals surface area contributed by atoms with Crippen LogP contribution in [0.1, 0.15) is 5.56 Å². The van der Waals surface area contributed by atoms with Gasteiger partial charge in [-0.3, -0.25) is 9.59 Å². The van der Waals surface area contributed by atoms with E-state index >= 15 is 0 Å². The van der Waals surface area contributed by atoms with E-state index in [2.05, 4.69) is 10.6 Å². The highest BCUT2D eigenvalue weighted by molar-refractivity contribution is 6.06. The predicted molar refractivity (Wildman–Crippen MR) is 87.1 cm³/mol. The summed E-state index contributed by atoms with van der Waals surface area (Å²) < 4.78 is 0. The van der Waals surface area contributed by atoms with Gasteiger partial charge in [-0.2, -0.15) is 0 Å². The number of aryl methyl sites for hydroxylation is 1. The Kier molecular flexibility index (Phi) is 3.78. The molecule has 112 valence electrons. The first-order chi connectivity index (χ1) is 10.6. The molecule has 2 N–H and O–H groups in total. The largest absolute Gasteiger partial charge is 0.374 e. The van der Waals surface area contributed by atoms with Crippen molar-refractivity contribution in [1.82, 2.24) is 0 Å². The SMILES string of the molecule is Cc1ccc(N2CC(=O)Nc3ccccc3NCC2=O)cc1. The first kappa shape index (κ1) is 14.1. The highest BCUT2D eigenvalue weighted by atomic mass is 16.2. The van der Waals surface area contributed by atoms with Crippen LogP contribution < -0.4 is 15.5 Å². The smallest absolute Gasteiger partial charge is 0.246 e. The van der Waals surface area contributed by atoms with Crippen LogP contribution in [0.2, 0.25) is 0 Å². The van der Waals surface area contributed by atoms with Gasteiger partial charge in [0.25, 0.3) is 0 Å². The van der Waals surface area contributed by atoms with Gasteiger partial charge in [0.15, 0.2) is 0 Å². The molecule has 5 nitrogen and oxygen atoms in total. The zero-order chi connectivity index (χ0) is 15.5. The number of rotatable bonds is 1. The molecule has 22 heavy (non-hydrogen) atoms. The molecule has 1 aliphatic heterocycles. The number of fused-ring (bicyclic) bond motifs is 1. The maximum absolute atomic E-state index is 12.4. The van der Waals surface area contributed by atoms with E-state index in [-0.39, 0.29) is 24.9 Å². The molecule has 3 rings (SSSR count). The standard InChI is InChI=1S/C17H17N3O2/c1-12-6-8-13(9-7-12)20-11-16(21)19-15-5-3-2-4-14(15)18-10-17(20)22/h2-9,18H,10-11H2,1H3,(H,19,21). The zero-order valence-electron chi connectivity index (χ0n) is 12.3. The molecule has 2 amide bonds. The fourth-order valence-corrected chi connectivity index (χ4v) is 2.39. The van der Waals surface area contributed by atoms with E-state index in [1.807, 2.05) is 55.5 Å². The lowest BCUT2D eigenvalue weighted by molar-refractivity contribution is -0.120. The molecule has 0 saturated heterocycles. The second kappa shape index (κ2) is 5.89. The fraction of sp³-hybridized carbons (Fsp3) is 0.176. The molecule has 0 fully saturated rings. The third kappa shape index (κ3) is 2.93. The van der Waals surface area contributed by atoms with E-state index in [1.165, 1.54) is 4.90 Å². The highest BCUT2D eigenvalue weighted by Gasteiger charge is 2.21. The van der Waals surface area contributed by atoms with Crippen molar-refractivity contribution in [3.63, 3.8) is 0 Å². The van der Waals surface area contributed by atoms with E-state index < -0.39 is 0 Å². The molecule has 1 aliphatic rings. The number of nitrogens with zero attached hydrogens (tertiary/aromatic N) is 1. The van der Waals surface area contributed by atoms with Crippen LogP contribution in [-0.4, -0.2) is 24.9 Å². The molecule has 5 heteroatoms. The highest BCUT2D eigenvalue weighted by Crippen LogP contribution is 2.23. The lowest BCUT2D eigenvalue weighted by Gasteiger charge is -2.21. The third-order valence-corrected chi connectivity index (χ3v) is 3.58. The molecule has 0 radical (unpaired) electrons. The summed E-state index contributed by atoms with van der Waals surface area (Å²) in [6.07, 6.45) is 0. The number of hydrogen-bond donors (Lipinski definition) is 2. The van der Waals surface area contributed by atoms with Crippen LogP contribution in [0.15, 0.2) is 48.5 Å². The average Bonchev–Trinajstić information content (AvgIpc) is 2.57. The van der Waals surface area contributed by atoms with Gasteiger partial charge >= 0.3 is 0 Å². The van der Waals surface area contributed by atoms with Crippen LogP contribution in [0.4, 0.5) is 17.1 Å². The number of benzene rings is 2. The van der Waals surface area contributed by atoms with E-state index in [0.29, 0.717) is 5.69 Å². The minimum Gasteiger partial charge on any atom is -0.374 e. The van der Waals surface area contributed by atoms with Crippen molar-refractivity contribution in [2.24, 2.45) is 0 Å². The van der Waals surface area contributed by atoms with Crippen LogP contribution >= 0.6 is 0 Å². The lowest BCUT2D eigenvalue weighted by atomic mass is 10.2. The Morgan fingerprint density at radius 2 is 1.64 bits per heavy atom. The molecular formula is C17H17N3O2. The summed E-state index contributed by atoms with van der Waals surface area (Å²) in [7, 11) is 0. The number of para-hydroxylation sites is 2. The quantitative estimate of drug-likeness (QED) is 0.849. The Morgan fingerprint density at radius 3 is 2.36 bits per heavy atom. The van der Waals surface area contributed by atoms with Crippen molar-refractivity contribution in [3.8, 4) is 0 Å². The summed E-state index contributed by atoms with van der Waals surface area (Å²) in [5, 5.41) is 5.92. The van der Waals surface area contributed by atoms with Crippen molar-refractivity contribution < 1.29 is 9.59 Å². The van der Waals surface area contributed by atoms with Gasteiger partial charge in [-0.25, -0.2) is 0 Å². The summed E-state index contributed by atoms with van der Waals surface area (Å²) in [5.74, 6) is -0.360. The van der Waals surface area contributed by atoms with Crippen molar-refractivity contribution in [2.45, 2.75) is 6.92 Å². The van der Waals surface area contributed by atoms with Gasteiger partial charge in [-0.05, 0) is 31.2 Å². The second-order valence-electron chi connectivity index (χ2n) is 5.26. The number of hydrogen-bond acceptors (Lipinski definition) is 3. The van der Waals surface area contributed by atoms with Crippen molar-refractivity contribution >= 4 is 28.9 Å². The summed E-state index contributed by atoms with van der Waals surface area (Å²) in [4.78, 5) is 26.2. The first-order valence-electron chi connectivity index (χ1n) is 7.13. The van der Waals surface area contributed by atoms with E-state index in [1.54, 1.807) is 0 Å². The molecule has 0 aliphatic carbocycles. The van der Waals surface area contributed by atoms with Gasteiger partial charge in [-0.1, -0.05) is 29.8 Å². The van der Waals surface area contributed by atoms with Crippen LogP contribution in [0.3, 0.4) is 0 Å².